The van der Waals surface area contributed by atoms with Gasteiger partial charge in [0.05, 0.1) is 31.2 Å². The van der Waals surface area contributed by atoms with Crippen molar-refractivity contribution in [2.45, 2.75) is 6.92 Å². The van der Waals surface area contributed by atoms with E-state index in [2.05, 4.69) is 5.10 Å². The molecular weight excluding hydrogens is 340 g/mol. The SMILES string of the molecule is COc1cccc(/C=C2\C(=O)N(c3ccc(Cl)cc3)N=C2C)c1OC. The third kappa shape index (κ3) is 3.23. The quantitative estimate of drug-likeness (QED) is 0.773. The standard InChI is InChI=1S/C19H17ClN2O3/c1-12-16(11-13-5-4-6-17(24-2)18(13)25-3)19(23)22(21-12)15-9-7-14(20)8-10-15/h4-11H,1-3H3/b16-11-. The van der Waals surface area contributed by atoms with Gasteiger partial charge in [-0.15, -0.1) is 0 Å². The summed E-state index contributed by atoms with van der Waals surface area (Å²) in [5, 5.41) is 6.33. The number of ether oxygens (including phenoxy) is 2. The Morgan fingerprint density at radius 1 is 1.08 bits per heavy atom. The van der Waals surface area contributed by atoms with Crippen LogP contribution < -0.4 is 14.5 Å². The summed E-state index contributed by atoms with van der Waals surface area (Å²) in [5.74, 6) is 0.971. The zero-order chi connectivity index (χ0) is 18.0. The number of benzene rings is 2. The summed E-state index contributed by atoms with van der Waals surface area (Å²) in [7, 11) is 3.14. The highest BCUT2D eigenvalue weighted by atomic mass is 35.5. The van der Waals surface area contributed by atoms with Gasteiger partial charge in [-0.25, -0.2) is 0 Å². The van der Waals surface area contributed by atoms with Gasteiger partial charge in [0.25, 0.3) is 5.91 Å². The summed E-state index contributed by atoms with van der Waals surface area (Å²) in [4.78, 5) is 12.8. The number of anilines is 1. The van der Waals surface area contributed by atoms with Crippen LogP contribution in [0.3, 0.4) is 0 Å². The Morgan fingerprint density at radius 2 is 1.80 bits per heavy atom. The largest absolute Gasteiger partial charge is 0.493 e. The summed E-state index contributed by atoms with van der Waals surface area (Å²) < 4.78 is 10.7. The highest BCUT2D eigenvalue weighted by molar-refractivity contribution is 6.32. The molecule has 0 bridgehead atoms. The second-order valence-electron chi connectivity index (χ2n) is 5.42. The van der Waals surface area contributed by atoms with Crippen LogP contribution in [0.4, 0.5) is 5.69 Å². The smallest absolute Gasteiger partial charge is 0.280 e. The lowest BCUT2D eigenvalue weighted by molar-refractivity contribution is -0.114. The van der Waals surface area contributed by atoms with Gasteiger partial charge in [0.2, 0.25) is 0 Å². The zero-order valence-corrected chi connectivity index (χ0v) is 14.9. The van der Waals surface area contributed by atoms with Gasteiger partial charge >= 0.3 is 0 Å². The van der Waals surface area contributed by atoms with Crippen molar-refractivity contribution in [1.29, 1.82) is 0 Å². The number of hydrazone groups is 1. The fourth-order valence-corrected chi connectivity index (χ4v) is 2.75. The lowest BCUT2D eigenvalue weighted by Crippen LogP contribution is -2.21. The first-order chi connectivity index (χ1) is 12.0. The molecule has 2 aromatic rings. The molecule has 2 aromatic carbocycles. The molecule has 1 aliphatic heterocycles. The van der Waals surface area contributed by atoms with Crippen molar-refractivity contribution in [2.24, 2.45) is 5.10 Å². The maximum absolute atomic E-state index is 12.8. The van der Waals surface area contributed by atoms with E-state index in [1.54, 1.807) is 57.6 Å². The number of halogens is 1. The van der Waals surface area contributed by atoms with Crippen LogP contribution in [0, 0.1) is 0 Å². The van der Waals surface area contributed by atoms with Crippen LogP contribution >= 0.6 is 11.6 Å². The molecule has 128 valence electrons. The fourth-order valence-electron chi connectivity index (χ4n) is 2.62. The molecule has 0 saturated heterocycles. The number of hydrogen-bond acceptors (Lipinski definition) is 4. The van der Waals surface area contributed by atoms with Crippen LogP contribution in [0.1, 0.15) is 12.5 Å². The molecule has 6 heteroatoms. The van der Waals surface area contributed by atoms with Gasteiger partial charge < -0.3 is 9.47 Å². The number of para-hydroxylation sites is 1. The van der Waals surface area contributed by atoms with Gasteiger partial charge in [0.15, 0.2) is 11.5 Å². The summed E-state index contributed by atoms with van der Waals surface area (Å²) in [6, 6.07) is 12.5. The second-order valence-corrected chi connectivity index (χ2v) is 5.86. The first kappa shape index (κ1) is 17.0. The van der Waals surface area contributed by atoms with Gasteiger partial charge in [-0.05, 0) is 43.3 Å². The van der Waals surface area contributed by atoms with Crippen molar-refractivity contribution in [3.8, 4) is 11.5 Å². The average molecular weight is 357 g/mol. The van der Waals surface area contributed by atoms with Crippen LogP contribution in [0.5, 0.6) is 11.5 Å². The number of hydrogen-bond donors (Lipinski definition) is 0. The van der Waals surface area contributed by atoms with E-state index < -0.39 is 0 Å². The highest BCUT2D eigenvalue weighted by Gasteiger charge is 2.29. The lowest BCUT2D eigenvalue weighted by atomic mass is 10.1. The van der Waals surface area contributed by atoms with Crippen molar-refractivity contribution in [1.82, 2.24) is 0 Å². The lowest BCUT2D eigenvalue weighted by Gasteiger charge is -2.12. The molecule has 1 heterocycles. The molecule has 1 aliphatic rings. The number of nitrogens with zero attached hydrogens (tertiary/aromatic N) is 2. The molecule has 0 spiro atoms. The van der Waals surface area contributed by atoms with E-state index in [4.69, 9.17) is 21.1 Å². The number of carbonyl (C=O) groups is 1. The number of amides is 1. The Kier molecular flexibility index (Phi) is 4.76. The number of carbonyl (C=O) groups excluding carboxylic acids is 1. The predicted molar refractivity (Wildman–Crippen MR) is 99.6 cm³/mol. The molecule has 0 aliphatic carbocycles. The number of rotatable bonds is 4. The molecular formula is C19H17ClN2O3. The maximum atomic E-state index is 12.8. The number of methoxy groups -OCH3 is 2. The molecule has 5 nitrogen and oxygen atoms in total. The molecule has 0 N–H and O–H groups in total. The Balaban J connectivity index is 1.99. The van der Waals surface area contributed by atoms with Crippen molar-refractivity contribution >= 4 is 35.0 Å². The van der Waals surface area contributed by atoms with Crippen LogP contribution in [-0.4, -0.2) is 25.8 Å². The van der Waals surface area contributed by atoms with Crippen LogP contribution in [0.25, 0.3) is 6.08 Å². The molecule has 0 radical (unpaired) electrons. The molecule has 3 rings (SSSR count). The van der Waals surface area contributed by atoms with E-state index in [1.807, 2.05) is 12.1 Å². The maximum Gasteiger partial charge on any atom is 0.280 e. The van der Waals surface area contributed by atoms with Crippen molar-refractivity contribution in [3.05, 3.63) is 58.6 Å². The third-order valence-corrected chi connectivity index (χ3v) is 4.12. The summed E-state index contributed by atoms with van der Waals surface area (Å²) >= 11 is 5.90. The predicted octanol–water partition coefficient (Wildman–Crippen LogP) is 4.16. The third-order valence-electron chi connectivity index (χ3n) is 3.87. The molecule has 0 aromatic heterocycles. The Hall–Kier alpha value is -2.79. The first-order valence-electron chi connectivity index (χ1n) is 7.63. The van der Waals surface area contributed by atoms with E-state index in [9.17, 15) is 4.79 Å². The average Bonchev–Trinajstić information content (AvgIpc) is 2.90. The van der Waals surface area contributed by atoms with Crippen LogP contribution in [0.15, 0.2) is 53.1 Å². The van der Waals surface area contributed by atoms with Gasteiger partial charge in [0, 0.05) is 10.6 Å². The van der Waals surface area contributed by atoms with Gasteiger partial charge in [-0.1, -0.05) is 23.7 Å². The minimum absolute atomic E-state index is 0.204. The molecule has 1 amide bonds. The van der Waals surface area contributed by atoms with Gasteiger partial charge in [-0.3, -0.25) is 4.79 Å². The molecule has 0 fully saturated rings. The highest BCUT2D eigenvalue weighted by Crippen LogP contribution is 2.33. The molecule has 0 saturated carbocycles. The van der Waals surface area contributed by atoms with Crippen LogP contribution in [0.2, 0.25) is 5.02 Å². The monoisotopic (exact) mass is 356 g/mol. The van der Waals surface area contributed by atoms with Crippen molar-refractivity contribution in [3.63, 3.8) is 0 Å². The normalized spacial score (nSPS) is 15.5. The first-order valence-corrected chi connectivity index (χ1v) is 8.01. The van der Waals surface area contributed by atoms with E-state index in [-0.39, 0.29) is 5.91 Å². The van der Waals surface area contributed by atoms with Crippen LogP contribution in [-0.2, 0) is 4.79 Å². The minimum atomic E-state index is -0.204. The summed E-state index contributed by atoms with van der Waals surface area (Å²) in [6.45, 7) is 1.80. The Morgan fingerprint density at radius 3 is 2.44 bits per heavy atom. The topological polar surface area (TPSA) is 51.1 Å². The van der Waals surface area contributed by atoms with Crippen molar-refractivity contribution < 1.29 is 14.3 Å². The second kappa shape index (κ2) is 6.99. The van der Waals surface area contributed by atoms with E-state index >= 15 is 0 Å². The van der Waals surface area contributed by atoms with Gasteiger partial charge in [-0.2, -0.15) is 10.1 Å². The minimum Gasteiger partial charge on any atom is -0.493 e. The van der Waals surface area contributed by atoms with Gasteiger partial charge in [0.1, 0.15) is 0 Å². The van der Waals surface area contributed by atoms with E-state index in [0.29, 0.717) is 33.5 Å². The van der Waals surface area contributed by atoms with E-state index in [1.165, 1.54) is 5.01 Å². The Labute approximate surface area is 151 Å². The molecule has 25 heavy (non-hydrogen) atoms. The zero-order valence-electron chi connectivity index (χ0n) is 14.1. The van der Waals surface area contributed by atoms with Crippen molar-refractivity contribution in [2.75, 3.05) is 19.2 Å². The summed E-state index contributed by atoms with van der Waals surface area (Å²) in [5.41, 5.74) is 2.54. The molecule has 0 atom stereocenters. The Bertz CT molecular complexity index is 873. The fraction of sp³-hybridized carbons (Fsp3) is 0.158. The molecule has 0 unspecified atom stereocenters. The van der Waals surface area contributed by atoms with E-state index in [0.717, 1.165) is 5.56 Å². The summed E-state index contributed by atoms with van der Waals surface area (Å²) in [6.07, 6.45) is 1.76.